The van der Waals surface area contributed by atoms with Crippen molar-refractivity contribution in [3.63, 3.8) is 0 Å². The first-order valence-electron chi connectivity index (χ1n) is 6.64. The summed E-state index contributed by atoms with van der Waals surface area (Å²) >= 11 is 0. The molecule has 0 bridgehead atoms. The summed E-state index contributed by atoms with van der Waals surface area (Å²) in [6.07, 6.45) is -5.05. The van der Waals surface area contributed by atoms with Crippen molar-refractivity contribution in [1.29, 1.82) is 0 Å². The highest BCUT2D eigenvalue weighted by atomic mass is 32.2. The van der Waals surface area contributed by atoms with Gasteiger partial charge in [-0.1, -0.05) is 0 Å². The second-order valence-corrected chi connectivity index (χ2v) is 6.31. The zero-order valence-electron chi connectivity index (χ0n) is 12.6. The van der Waals surface area contributed by atoms with E-state index in [4.69, 9.17) is 4.74 Å². The Kier molecular flexibility index (Phi) is 7.08. The van der Waals surface area contributed by atoms with Crippen LogP contribution in [0.2, 0.25) is 0 Å². The predicted molar refractivity (Wildman–Crippen MR) is 78.0 cm³/mol. The van der Waals surface area contributed by atoms with E-state index >= 15 is 0 Å². The molecule has 12 heteroatoms. The van der Waals surface area contributed by atoms with Gasteiger partial charge in [-0.25, -0.2) is 13.1 Å². The molecule has 8 nitrogen and oxygen atoms in total. The molecule has 0 radical (unpaired) electrons. The molecular weight excluding hydrogens is 355 g/mol. The molecule has 1 rings (SSSR count). The molecule has 1 aromatic carbocycles. The van der Waals surface area contributed by atoms with Gasteiger partial charge in [-0.3, -0.25) is 10.1 Å². The second kappa shape index (κ2) is 8.37. The Morgan fingerprint density at radius 1 is 1.25 bits per heavy atom. The lowest BCUT2D eigenvalue weighted by atomic mass is 10.2. The Balaban J connectivity index is 2.96. The highest BCUT2D eigenvalue weighted by Crippen LogP contribution is 2.36. The summed E-state index contributed by atoms with van der Waals surface area (Å²) in [5.41, 5.74) is -2.43. The molecule has 0 aliphatic rings. The number of hydrogen-bond donors (Lipinski definition) is 2. The van der Waals surface area contributed by atoms with E-state index in [2.05, 4.69) is 5.32 Å². The number of hydrogen-bond acceptors (Lipinski definition) is 6. The Morgan fingerprint density at radius 2 is 1.92 bits per heavy atom. The number of methoxy groups -OCH3 is 1. The molecule has 0 amide bonds. The summed E-state index contributed by atoms with van der Waals surface area (Å²) in [4.78, 5) is 8.51. The molecular formula is C12H16F3N3O5S. The molecule has 2 N–H and O–H groups in total. The first-order chi connectivity index (χ1) is 11.1. The van der Waals surface area contributed by atoms with Crippen molar-refractivity contribution in [1.82, 2.24) is 10.0 Å². The molecule has 0 aromatic heterocycles. The molecule has 24 heavy (non-hydrogen) atoms. The van der Waals surface area contributed by atoms with Crippen LogP contribution in [0.25, 0.3) is 0 Å². The van der Waals surface area contributed by atoms with Crippen LogP contribution in [-0.2, 0) is 20.9 Å². The van der Waals surface area contributed by atoms with Crippen molar-refractivity contribution >= 4 is 15.7 Å². The Morgan fingerprint density at radius 3 is 2.46 bits per heavy atom. The first-order valence-corrected chi connectivity index (χ1v) is 8.13. The van der Waals surface area contributed by atoms with Gasteiger partial charge in [-0.05, 0) is 6.07 Å². The number of benzene rings is 1. The van der Waals surface area contributed by atoms with Gasteiger partial charge >= 0.3 is 6.18 Å². The van der Waals surface area contributed by atoms with Gasteiger partial charge in [0.2, 0.25) is 10.0 Å². The minimum Gasteiger partial charge on any atom is -0.383 e. The van der Waals surface area contributed by atoms with E-state index in [1.807, 2.05) is 4.72 Å². The molecule has 1 aromatic rings. The minimum atomic E-state index is -5.05. The van der Waals surface area contributed by atoms with Crippen LogP contribution < -0.4 is 10.0 Å². The molecule has 0 aliphatic heterocycles. The van der Waals surface area contributed by atoms with Gasteiger partial charge in [0, 0.05) is 38.9 Å². The van der Waals surface area contributed by atoms with Crippen LogP contribution >= 0.6 is 0 Å². The number of alkyl halides is 3. The smallest absolute Gasteiger partial charge is 0.383 e. The fourth-order valence-electron chi connectivity index (χ4n) is 1.74. The van der Waals surface area contributed by atoms with Crippen molar-refractivity contribution < 1.29 is 31.2 Å². The van der Waals surface area contributed by atoms with Gasteiger partial charge in [0.25, 0.3) is 5.69 Å². The molecule has 0 atom stereocenters. The first kappa shape index (κ1) is 20.3. The largest absolute Gasteiger partial charge is 0.417 e. The topological polar surface area (TPSA) is 111 Å². The maximum absolute atomic E-state index is 13.0. The number of nitrogens with zero attached hydrogens (tertiary/aromatic N) is 1. The zero-order chi connectivity index (χ0) is 18.4. The maximum atomic E-state index is 13.0. The monoisotopic (exact) mass is 371 g/mol. The molecule has 0 fully saturated rings. The van der Waals surface area contributed by atoms with Crippen LogP contribution in [0.4, 0.5) is 18.9 Å². The summed E-state index contributed by atoms with van der Waals surface area (Å²) in [6, 6.07) is 1.48. The van der Waals surface area contributed by atoms with Crippen LogP contribution in [0, 0.1) is 10.1 Å². The number of nitro benzene ring substituents is 1. The molecule has 0 unspecified atom stereocenters. The number of ether oxygens (including phenoxy) is 1. The summed E-state index contributed by atoms with van der Waals surface area (Å²) < 4.78 is 69.9. The van der Waals surface area contributed by atoms with Gasteiger partial charge in [0.15, 0.2) is 0 Å². The number of nitrogens with one attached hydrogen (secondary N) is 2. The van der Waals surface area contributed by atoms with Crippen molar-refractivity contribution in [2.75, 3.05) is 33.4 Å². The lowest BCUT2D eigenvalue weighted by molar-refractivity contribution is -0.385. The predicted octanol–water partition coefficient (Wildman–Crippen LogP) is 1.13. The van der Waals surface area contributed by atoms with E-state index in [0.717, 1.165) is 0 Å². The van der Waals surface area contributed by atoms with E-state index in [-0.39, 0.29) is 19.2 Å². The summed E-state index contributed by atoms with van der Waals surface area (Å²) in [5, 5.41) is 13.4. The van der Waals surface area contributed by atoms with E-state index in [9.17, 15) is 31.7 Å². The molecule has 0 saturated heterocycles. The van der Waals surface area contributed by atoms with E-state index in [1.54, 1.807) is 0 Å². The van der Waals surface area contributed by atoms with Crippen LogP contribution in [-0.4, -0.2) is 46.7 Å². The fourth-order valence-corrected chi connectivity index (χ4v) is 2.98. The minimum absolute atomic E-state index is 0.152. The maximum Gasteiger partial charge on any atom is 0.417 e. The second-order valence-electron chi connectivity index (χ2n) is 4.58. The van der Waals surface area contributed by atoms with Crippen LogP contribution in [0.5, 0.6) is 0 Å². The lowest BCUT2D eigenvalue weighted by Crippen LogP contribution is -2.34. The number of sulfonamides is 1. The molecule has 0 aliphatic carbocycles. The normalized spacial score (nSPS) is 12.3. The standard InChI is InChI=1S/C12H16F3N3O5S/c1-23-7-6-16-4-5-17-24(21,22)11-3-2-9(18(19)20)8-10(11)12(13,14)15/h2-3,8,16-17H,4-7H2,1H3. The summed E-state index contributed by atoms with van der Waals surface area (Å²) in [5.74, 6) is 0. The Hall–Kier alpha value is -1.76. The fraction of sp³-hybridized carbons (Fsp3) is 0.500. The lowest BCUT2D eigenvalue weighted by Gasteiger charge is -2.14. The number of halogens is 3. The number of rotatable bonds is 9. The third-order valence-corrected chi connectivity index (χ3v) is 4.36. The van der Waals surface area contributed by atoms with Crippen molar-refractivity contribution in [2.45, 2.75) is 11.1 Å². The van der Waals surface area contributed by atoms with Crippen molar-refractivity contribution in [2.24, 2.45) is 0 Å². The number of nitro groups is 1. The molecule has 136 valence electrons. The molecule has 0 heterocycles. The van der Waals surface area contributed by atoms with Crippen LogP contribution in [0.15, 0.2) is 23.1 Å². The van der Waals surface area contributed by atoms with Gasteiger partial charge in [0.1, 0.15) is 0 Å². The average Bonchev–Trinajstić information content (AvgIpc) is 2.49. The average molecular weight is 371 g/mol. The van der Waals surface area contributed by atoms with Gasteiger partial charge < -0.3 is 10.1 Å². The number of non-ortho nitro benzene ring substituents is 1. The summed E-state index contributed by atoms with van der Waals surface area (Å²) in [6.45, 7) is 0.869. The SMILES string of the molecule is COCCNCCNS(=O)(=O)c1ccc([N+](=O)[O-])cc1C(F)(F)F. The summed E-state index contributed by atoms with van der Waals surface area (Å²) in [7, 11) is -2.99. The van der Waals surface area contributed by atoms with E-state index < -0.39 is 37.3 Å². The van der Waals surface area contributed by atoms with Crippen molar-refractivity contribution in [3.05, 3.63) is 33.9 Å². The Bertz CT molecular complexity index is 679. The highest BCUT2D eigenvalue weighted by Gasteiger charge is 2.38. The quantitative estimate of drug-likeness (QED) is 0.382. The van der Waals surface area contributed by atoms with Gasteiger partial charge in [-0.15, -0.1) is 0 Å². The Labute approximate surface area is 136 Å². The van der Waals surface area contributed by atoms with E-state index in [1.165, 1.54) is 7.11 Å². The van der Waals surface area contributed by atoms with E-state index in [0.29, 0.717) is 25.3 Å². The van der Waals surface area contributed by atoms with Crippen molar-refractivity contribution in [3.8, 4) is 0 Å². The van der Waals surface area contributed by atoms with Gasteiger partial charge in [0.05, 0.1) is 22.0 Å². The van der Waals surface area contributed by atoms with Crippen LogP contribution in [0.1, 0.15) is 5.56 Å². The third kappa shape index (κ3) is 5.70. The zero-order valence-corrected chi connectivity index (χ0v) is 13.4. The van der Waals surface area contributed by atoms with Crippen LogP contribution in [0.3, 0.4) is 0 Å². The molecule has 0 spiro atoms. The highest BCUT2D eigenvalue weighted by molar-refractivity contribution is 7.89. The molecule has 0 saturated carbocycles. The third-order valence-electron chi connectivity index (χ3n) is 2.85. The van der Waals surface area contributed by atoms with Gasteiger partial charge in [-0.2, -0.15) is 13.2 Å².